The number of fused-ring (bicyclic) bond motifs is 2. The number of hydrogen-bond donors (Lipinski definition) is 0. The fraction of sp³-hybridized carbons (Fsp3) is 0.250. The van der Waals surface area contributed by atoms with Crippen LogP contribution in [0.1, 0.15) is 22.9 Å². The zero-order valence-electron chi connectivity index (χ0n) is 19.5. The van der Waals surface area contributed by atoms with Gasteiger partial charge in [0.25, 0.3) is 0 Å². The summed E-state index contributed by atoms with van der Waals surface area (Å²) in [4.78, 5) is 7.41. The first-order valence-corrected chi connectivity index (χ1v) is 11.7. The molecule has 1 atom stereocenters. The molecule has 0 amide bonds. The second-order valence-electron chi connectivity index (χ2n) is 8.41. The Morgan fingerprint density at radius 3 is 2.38 bits per heavy atom. The molecule has 0 N–H and O–H groups in total. The molecule has 0 spiro atoms. The van der Waals surface area contributed by atoms with Crippen molar-refractivity contribution in [2.75, 3.05) is 32.8 Å². The van der Waals surface area contributed by atoms with Crippen molar-refractivity contribution >= 4 is 28.2 Å². The van der Waals surface area contributed by atoms with E-state index in [4.69, 9.17) is 30.8 Å². The van der Waals surface area contributed by atoms with Crippen molar-refractivity contribution < 1.29 is 14.2 Å². The highest BCUT2D eigenvalue weighted by atomic mass is 35.5. The van der Waals surface area contributed by atoms with E-state index in [0.29, 0.717) is 0 Å². The van der Waals surface area contributed by atoms with Gasteiger partial charge in [-0.15, -0.1) is 0 Å². The quantitative estimate of drug-likeness (QED) is 0.330. The van der Waals surface area contributed by atoms with Gasteiger partial charge in [-0.1, -0.05) is 17.7 Å². The lowest BCUT2D eigenvalue weighted by atomic mass is 9.88. The van der Waals surface area contributed by atoms with Crippen molar-refractivity contribution in [1.82, 2.24) is 4.98 Å². The van der Waals surface area contributed by atoms with Crippen molar-refractivity contribution in [2.24, 2.45) is 0 Å². The maximum atomic E-state index is 6.18. The summed E-state index contributed by atoms with van der Waals surface area (Å²) in [6.45, 7) is 0.888. The molecule has 1 aliphatic rings. The summed E-state index contributed by atoms with van der Waals surface area (Å²) >= 11 is 6.18. The van der Waals surface area contributed by atoms with Gasteiger partial charge in [-0.25, -0.2) is 0 Å². The van der Waals surface area contributed by atoms with E-state index in [9.17, 15) is 0 Å². The molecular weight excluding hydrogens is 448 g/mol. The summed E-state index contributed by atoms with van der Waals surface area (Å²) in [5.74, 6) is 2.33. The normalized spacial score (nSPS) is 15.2. The lowest BCUT2D eigenvalue weighted by Gasteiger charge is -2.39. The van der Waals surface area contributed by atoms with Gasteiger partial charge >= 0.3 is 0 Å². The zero-order valence-corrected chi connectivity index (χ0v) is 20.3. The third kappa shape index (κ3) is 4.24. The van der Waals surface area contributed by atoms with Crippen LogP contribution in [0.25, 0.3) is 10.9 Å². The Morgan fingerprint density at radius 1 is 0.882 bits per heavy atom. The Labute approximate surface area is 204 Å². The molecule has 5 rings (SSSR count). The minimum atomic E-state index is 0.0907. The largest absolute Gasteiger partial charge is 0.497 e. The molecular formula is C28H27ClN2O3. The molecule has 1 aliphatic heterocycles. The number of methoxy groups -OCH3 is 3. The van der Waals surface area contributed by atoms with Crippen molar-refractivity contribution in [3.8, 4) is 17.2 Å². The highest BCUT2D eigenvalue weighted by Gasteiger charge is 2.30. The molecule has 1 aromatic heterocycles. The van der Waals surface area contributed by atoms with Crippen molar-refractivity contribution in [3.63, 3.8) is 0 Å². The SMILES string of the molecule is COc1ccc2nc(CC3c4cc(OC)c(OC)cc4CCN3c3ccc(Cl)cc3)ccc2c1. The van der Waals surface area contributed by atoms with Gasteiger partial charge in [0.1, 0.15) is 5.75 Å². The summed E-state index contributed by atoms with van der Waals surface area (Å²) in [7, 11) is 5.04. The molecule has 5 nitrogen and oxygen atoms in total. The average molecular weight is 475 g/mol. The first-order chi connectivity index (χ1) is 16.6. The standard InChI is InChI=1S/C28H27ClN2O3/c1-32-23-10-11-25-19(14-23)4-7-21(30-25)16-26-24-17-28(34-3)27(33-2)15-18(24)12-13-31(26)22-8-5-20(29)6-9-22/h4-11,14-15,17,26H,12-13,16H2,1-3H3. The molecule has 34 heavy (non-hydrogen) atoms. The number of pyridine rings is 1. The smallest absolute Gasteiger partial charge is 0.161 e. The molecule has 3 aromatic carbocycles. The maximum absolute atomic E-state index is 6.18. The van der Waals surface area contributed by atoms with Crippen molar-refractivity contribution in [1.29, 1.82) is 0 Å². The third-order valence-electron chi connectivity index (χ3n) is 6.52. The number of ether oxygens (including phenoxy) is 3. The number of halogens is 1. The Hall–Kier alpha value is -3.44. The van der Waals surface area contributed by atoms with Crippen molar-refractivity contribution in [3.05, 3.63) is 88.6 Å². The lowest BCUT2D eigenvalue weighted by molar-refractivity contribution is 0.353. The van der Waals surface area contributed by atoms with Crippen LogP contribution in [0, 0.1) is 0 Å². The Kier molecular flexibility index (Phi) is 6.20. The van der Waals surface area contributed by atoms with Gasteiger partial charge in [-0.3, -0.25) is 4.98 Å². The number of anilines is 1. The van der Waals surface area contributed by atoms with Crippen LogP contribution in [0.4, 0.5) is 5.69 Å². The van der Waals surface area contributed by atoms with Gasteiger partial charge in [0.05, 0.1) is 32.9 Å². The van der Waals surface area contributed by atoms with Gasteiger partial charge in [0.15, 0.2) is 11.5 Å². The summed E-state index contributed by atoms with van der Waals surface area (Å²) in [5, 5.41) is 1.80. The van der Waals surface area contributed by atoms with E-state index in [0.717, 1.165) is 63.9 Å². The number of hydrogen-bond acceptors (Lipinski definition) is 5. The van der Waals surface area contributed by atoms with Crippen molar-refractivity contribution in [2.45, 2.75) is 18.9 Å². The second-order valence-corrected chi connectivity index (χ2v) is 8.84. The van der Waals surface area contributed by atoms with E-state index in [1.54, 1.807) is 21.3 Å². The van der Waals surface area contributed by atoms with Crippen LogP contribution in [0.5, 0.6) is 17.2 Å². The van der Waals surface area contributed by atoms with Gasteiger partial charge in [-0.2, -0.15) is 0 Å². The molecule has 4 aromatic rings. The van der Waals surface area contributed by atoms with Gasteiger partial charge in [-0.05, 0) is 78.2 Å². The predicted octanol–water partition coefficient (Wildman–Crippen LogP) is 6.26. The molecule has 0 bridgehead atoms. The van der Waals surface area contributed by atoms with Crippen LogP contribution in [0.15, 0.2) is 66.7 Å². The van der Waals surface area contributed by atoms with Crippen LogP contribution in [0.2, 0.25) is 5.02 Å². The highest BCUT2D eigenvalue weighted by Crippen LogP contribution is 2.41. The monoisotopic (exact) mass is 474 g/mol. The van der Waals surface area contributed by atoms with Crippen LogP contribution < -0.4 is 19.1 Å². The zero-order chi connectivity index (χ0) is 23.7. The van der Waals surface area contributed by atoms with E-state index in [2.05, 4.69) is 41.3 Å². The molecule has 0 radical (unpaired) electrons. The molecule has 1 unspecified atom stereocenters. The first-order valence-electron chi connectivity index (χ1n) is 11.3. The topological polar surface area (TPSA) is 43.8 Å². The molecule has 6 heteroatoms. The third-order valence-corrected chi connectivity index (χ3v) is 6.77. The fourth-order valence-electron chi connectivity index (χ4n) is 4.77. The second kappa shape index (κ2) is 9.43. The molecule has 2 heterocycles. The van der Waals surface area contributed by atoms with E-state index in [-0.39, 0.29) is 6.04 Å². The van der Waals surface area contributed by atoms with Gasteiger partial charge in [0.2, 0.25) is 0 Å². The molecule has 0 fully saturated rings. The van der Waals surface area contributed by atoms with Crippen LogP contribution in [0.3, 0.4) is 0 Å². The van der Waals surface area contributed by atoms with E-state index < -0.39 is 0 Å². The molecule has 0 saturated heterocycles. The maximum Gasteiger partial charge on any atom is 0.161 e. The number of aromatic nitrogens is 1. The van der Waals surface area contributed by atoms with Gasteiger partial charge in [0, 0.05) is 34.8 Å². The Bertz CT molecular complexity index is 1320. The number of nitrogens with zero attached hydrogens (tertiary/aromatic N) is 2. The Morgan fingerprint density at radius 2 is 1.65 bits per heavy atom. The molecule has 0 saturated carbocycles. The lowest BCUT2D eigenvalue weighted by Crippen LogP contribution is -2.37. The van der Waals surface area contributed by atoms with Gasteiger partial charge < -0.3 is 19.1 Å². The van der Waals surface area contributed by atoms with Crippen LogP contribution in [-0.2, 0) is 12.8 Å². The molecule has 174 valence electrons. The van der Waals surface area contributed by atoms with E-state index in [1.807, 2.05) is 30.3 Å². The summed E-state index contributed by atoms with van der Waals surface area (Å²) in [5.41, 5.74) is 5.64. The average Bonchev–Trinajstić information content (AvgIpc) is 2.88. The minimum absolute atomic E-state index is 0.0907. The highest BCUT2D eigenvalue weighted by molar-refractivity contribution is 6.30. The fourth-order valence-corrected chi connectivity index (χ4v) is 4.90. The first kappa shape index (κ1) is 22.4. The van der Waals surface area contributed by atoms with Crippen LogP contribution >= 0.6 is 11.6 Å². The summed E-state index contributed by atoms with van der Waals surface area (Å²) in [6.07, 6.45) is 1.67. The van der Waals surface area contributed by atoms with E-state index in [1.165, 1.54) is 11.1 Å². The summed E-state index contributed by atoms with van der Waals surface area (Å²) < 4.78 is 16.6. The Balaban J connectivity index is 1.58. The number of rotatable bonds is 6. The number of benzene rings is 3. The van der Waals surface area contributed by atoms with Crippen LogP contribution in [-0.4, -0.2) is 32.9 Å². The molecule has 0 aliphatic carbocycles. The predicted molar refractivity (Wildman–Crippen MR) is 137 cm³/mol. The van der Waals surface area contributed by atoms with E-state index >= 15 is 0 Å². The minimum Gasteiger partial charge on any atom is -0.497 e. The summed E-state index contributed by atoms with van der Waals surface area (Å²) in [6, 6.07) is 22.6.